The summed E-state index contributed by atoms with van der Waals surface area (Å²) in [4.78, 5) is 24.6. The van der Waals surface area contributed by atoms with Crippen LogP contribution in [0.4, 0.5) is 0 Å². The summed E-state index contributed by atoms with van der Waals surface area (Å²) in [6.45, 7) is 10.7. The highest BCUT2D eigenvalue weighted by Crippen LogP contribution is 2.07. The first-order valence-corrected chi connectivity index (χ1v) is 7.96. The Morgan fingerprint density at radius 2 is 1.82 bits per heavy atom. The zero-order valence-electron chi connectivity index (χ0n) is 14.3. The third-order valence-electron chi connectivity index (χ3n) is 3.54. The second kappa shape index (κ2) is 8.57. The van der Waals surface area contributed by atoms with Crippen LogP contribution in [-0.4, -0.2) is 24.4 Å². The van der Waals surface area contributed by atoms with E-state index in [0.29, 0.717) is 18.0 Å². The first kappa shape index (κ1) is 18.2. The lowest BCUT2D eigenvalue weighted by atomic mass is 10.0. The third-order valence-corrected chi connectivity index (χ3v) is 3.54. The third kappa shape index (κ3) is 5.88. The standard InChI is InChI=1S/C18H28N2O2/c1-12(2)9-10-19-18(22)16(13(3)4)20-17(21)15-8-6-7-14(5)11-15/h6-8,11-13,16H,9-10H2,1-5H3,(H,19,22)(H,20,21). The van der Waals surface area contributed by atoms with Gasteiger partial charge in [-0.2, -0.15) is 0 Å². The molecule has 122 valence electrons. The summed E-state index contributed by atoms with van der Waals surface area (Å²) in [7, 11) is 0. The molecule has 0 aliphatic heterocycles. The zero-order valence-corrected chi connectivity index (χ0v) is 14.3. The lowest BCUT2D eigenvalue weighted by Gasteiger charge is -2.22. The van der Waals surface area contributed by atoms with Gasteiger partial charge in [-0.15, -0.1) is 0 Å². The van der Waals surface area contributed by atoms with Crippen molar-refractivity contribution in [1.29, 1.82) is 0 Å². The number of hydrogen-bond acceptors (Lipinski definition) is 2. The summed E-state index contributed by atoms with van der Waals surface area (Å²) in [5.74, 6) is 0.255. The summed E-state index contributed by atoms with van der Waals surface area (Å²) >= 11 is 0. The van der Waals surface area contributed by atoms with Crippen molar-refractivity contribution in [2.24, 2.45) is 11.8 Å². The van der Waals surface area contributed by atoms with E-state index >= 15 is 0 Å². The van der Waals surface area contributed by atoms with Crippen LogP contribution < -0.4 is 10.6 Å². The Morgan fingerprint density at radius 3 is 2.36 bits per heavy atom. The number of benzene rings is 1. The Balaban J connectivity index is 2.67. The molecule has 2 amide bonds. The van der Waals surface area contributed by atoms with E-state index in [9.17, 15) is 9.59 Å². The highest BCUT2D eigenvalue weighted by molar-refractivity contribution is 5.97. The smallest absolute Gasteiger partial charge is 0.251 e. The number of amides is 2. The number of carbonyl (C=O) groups is 2. The highest BCUT2D eigenvalue weighted by Gasteiger charge is 2.24. The molecule has 0 radical (unpaired) electrons. The quantitative estimate of drug-likeness (QED) is 0.813. The fourth-order valence-corrected chi connectivity index (χ4v) is 2.14. The Bertz CT molecular complexity index is 510. The molecule has 0 aromatic heterocycles. The SMILES string of the molecule is Cc1cccc(C(=O)NC(C(=O)NCCC(C)C)C(C)C)c1. The zero-order chi connectivity index (χ0) is 16.7. The van der Waals surface area contributed by atoms with Gasteiger partial charge in [0.1, 0.15) is 6.04 Å². The van der Waals surface area contributed by atoms with Crippen LogP contribution in [0.5, 0.6) is 0 Å². The lowest BCUT2D eigenvalue weighted by Crippen LogP contribution is -2.50. The van der Waals surface area contributed by atoms with Crippen LogP contribution in [0.25, 0.3) is 0 Å². The fourth-order valence-electron chi connectivity index (χ4n) is 2.14. The van der Waals surface area contributed by atoms with Gasteiger partial charge in [0.25, 0.3) is 5.91 Å². The number of hydrogen-bond donors (Lipinski definition) is 2. The van der Waals surface area contributed by atoms with Crippen LogP contribution >= 0.6 is 0 Å². The maximum Gasteiger partial charge on any atom is 0.251 e. The van der Waals surface area contributed by atoms with E-state index < -0.39 is 6.04 Å². The Morgan fingerprint density at radius 1 is 1.14 bits per heavy atom. The van der Waals surface area contributed by atoms with Crippen LogP contribution in [0.3, 0.4) is 0 Å². The number of rotatable bonds is 7. The molecular formula is C18H28N2O2. The minimum Gasteiger partial charge on any atom is -0.354 e. The highest BCUT2D eigenvalue weighted by atomic mass is 16.2. The molecule has 0 spiro atoms. The van der Waals surface area contributed by atoms with Gasteiger partial charge in [0.2, 0.25) is 5.91 Å². The van der Waals surface area contributed by atoms with Gasteiger partial charge in [-0.25, -0.2) is 0 Å². The van der Waals surface area contributed by atoms with Gasteiger partial charge >= 0.3 is 0 Å². The minimum absolute atomic E-state index is 0.0350. The average Bonchev–Trinajstić information content (AvgIpc) is 2.43. The second-order valence-electron chi connectivity index (χ2n) is 6.54. The topological polar surface area (TPSA) is 58.2 Å². The molecule has 0 saturated carbocycles. The van der Waals surface area contributed by atoms with Gasteiger partial charge in [-0.3, -0.25) is 9.59 Å². The summed E-state index contributed by atoms with van der Waals surface area (Å²) in [6, 6.07) is 6.85. The Kier molecular flexibility index (Phi) is 7.09. The van der Waals surface area contributed by atoms with Crippen molar-refractivity contribution in [3.05, 3.63) is 35.4 Å². The van der Waals surface area contributed by atoms with Gasteiger partial charge < -0.3 is 10.6 Å². The van der Waals surface area contributed by atoms with Crippen LogP contribution in [0.1, 0.15) is 50.0 Å². The van der Waals surface area contributed by atoms with Crippen LogP contribution in [0.2, 0.25) is 0 Å². The number of carbonyl (C=O) groups excluding carboxylic acids is 2. The molecule has 0 aliphatic carbocycles. The van der Waals surface area contributed by atoms with Crippen molar-refractivity contribution >= 4 is 11.8 Å². The maximum absolute atomic E-state index is 12.3. The molecule has 0 saturated heterocycles. The predicted molar refractivity (Wildman–Crippen MR) is 89.7 cm³/mol. The normalized spacial score (nSPS) is 12.3. The van der Waals surface area contributed by atoms with Crippen LogP contribution in [0, 0.1) is 18.8 Å². The fraction of sp³-hybridized carbons (Fsp3) is 0.556. The molecular weight excluding hydrogens is 276 g/mol. The predicted octanol–water partition coefficient (Wildman–Crippen LogP) is 2.91. The van der Waals surface area contributed by atoms with E-state index in [1.54, 1.807) is 6.07 Å². The van der Waals surface area contributed by atoms with Gasteiger partial charge in [-0.1, -0.05) is 45.4 Å². The van der Waals surface area contributed by atoms with Gasteiger partial charge in [0.05, 0.1) is 0 Å². The molecule has 4 nitrogen and oxygen atoms in total. The molecule has 22 heavy (non-hydrogen) atoms. The largest absolute Gasteiger partial charge is 0.354 e. The molecule has 1 atom stereocenters. The Hall–Kier alpha value is -1.84. The summed E-state index contributed by atoms with van der Waals surface area (Å²) in [6.07, 6.45) is 0.933. The summed E-state index contributed by atoms with van der Waals surface area (Å²) in [5.41, 5.74) is 1.61. The van der Waals surface area contributed by atoms with E-state index in [2.05, 4.69) is 24.5 Å². The molecule has 4 heteroatoms. The molecule has 1 unspecified atom stereocenters. The molecule has 1 aromatic carbocycles. The van der Waals surface area contributed by atoms with Crippen molar-refractivity contribution in [2.45, 2.75) is 47.1 Å². The summed E-state index contributed by atoms with van der Waals surface area (Å²) in [5, 5.41) is 5.76. The van der Waals surface area contributed by atoms with Crippen molar-refractivity contribution in [3.8, 4) is 0 Å². The molecule has 0 fully saturated rings. The van der Waals surface area contributed by atoms with Crippen molar-refractivity contribution in [2.75, 3.05) is 6.54 Å². The van der Waals surface area contributed by atoms with Crippen LogP contribution in [-0.2, 0) is 4.79 Å². The second-order valence-corrected chi connectivity index (χ2v) is 6.54. The first-order chi connectivity index (χ1) is 10.3. The molecule has 1 rings (SSSR count). The lowest BCUT2D eigenvalue weighted by molar-refractivity contribution is -0.123. The molecule has 0 bridgehead atoms. The molecule has 0 aliphatic rings. The first-order valence-electron chi connectivity index (χ1n) is 7.96. The van der Waals surface area contributed by atoms with E-state index in [1.165, 1.54) is 0 Å². The van der Waals surface area contributed by atoms with Crippen LogP contribution in [0.15, 0.2) is 24.3 Å². The Labute approximate surface area is 133 Å². The minimum atomic E-state index is -0.514. The molecule has 0 heterocycles. The van der Waals surface area contributed by atoms with E-state index in [-0.39, 0.29) is 17.7 Å². The van der Waals surface area contributed by atoms with Gasteiger partial charge in [0.15, 0.2) is 0 Å². The monoisotopic (exact) mass is 304 g/mol. The van der Waals surface area contributed by atoms with E-state index in [4.69, 9.17) is 0 Å². The molecule has 1 aromatic rings. The van der Waals surface area contributed by atoms with Crippen molar-refractivity contribution in [1.82, 2.24) is 10.6 Å². The van der Waals surface area contributed by atoms with E-state index in [0.717, 1.165) is 12.0 Å². The van der Waals surface area contributed by atoms with Gasteiger partial charge in [-0.05, 0) is 37.3 Å². The van der Waals surface area contributed by atoms with Crippen molar-refractivity contribution < 1.29 is 9.59 Å². The van der Waals surface area contributed by atoms with Crippen molar-refractivity contribution in [3.63, 3.8) is 0 Å². The number of nitrogens with one attached hydrogen (secondary N) is 2. The molecule has 2 N–H and O–H groups in total. The van der Waals surface area contributed by atoms with Gasteiger partial charge in [0, 0.05) is 12.1 Å². The number of aryl methyl sites for hydroxylation is 1. The average molecular weight is 304 g/mol. The maximum atomic E-state index is 12.3. The van der Waals surface area contributed by atoms with E-state index in [1.807, 2.05) is 39.0 Å². The summed E-state index contributed by atoms with van der Waals surface area (Å²) < 4.78 is 0.